The van der Waals surface area contributed by atoms with Crippen LogP contribution >= 0.6 is 0 Å². The van der Waals surface area contributed by atoms with Gasteiger partial charge in [-0.3, -0.25) is 4.79 Å². The molecule has 0 spiro atoms. The number of rotatable bonds is 4. The van der Waals surface area contributed by atoms with Gasteiger partial charge < -0.3 is 10.6 Å². The summed E-state index contributed by atoms with van der Waals surface area (Å²) in [6, 6.07) is 8.44. The zero-order chi connectivity index (χ0) is 14.6. The quantitative estimate of drug-likeness (QED) is 0.886. The number of nitrogens with one attached hydrogen (secondary N) is 2. The van der Waals surface area contributed by atoms with E-state index in [1.54, 1.807) is 0 Å². The van der Waals surface area contributed by atoms with Crippen molar-refractivity contribution in [2.75, 3.05) is 13.1 Å². The predicted molar refractivity (Wildman–Crippen MR) is 82.6 cm³/mol. The van der Waals surface area contributed by atoms with Crippen molar-refractivity contribution in [2.24, 2.45) is 5.41 Å². The summed E-state index contributed by atoms with van der Waals surface area (Å²) in [5, 5.41) is 6.57. The number of hydrogen-bond donors (Lipinski definition) is 2. The highest BCUT2D eigenvalue weighted by Crippen LogP contribution is 2.31. The van der Waals surface area contributed by atoms with Crippen LogP contribution in [-0.4, -0.2) is 19.0 Å². The first-order valence-corrected chi connectivity index (χ1v) is 7.66. The molecule has 1 fully saturated rings. The number of benzene rings is 1. The lowest BCUT2D eigenvalue weighted by Gasteiger charge is -2.36. The Morgan fingerprint density at radius 1 is 1.40 bits per heavy atom. The first-order valence-electron chi connectivity index (χ1n) is 7.66. The molecule has 0 saturated carbocycles. The molecule has 2 N–H and O–H groups in total. The maximum absolute atomic E-state index is 12.7. The molecule has 3 heteroatoms. The molecule has 20 heavy (non-hydrogen) atoms. The molecule has 2 unspecified atom stereocenters. The van der Waals surface area contributed by atoms with Crippen LogP contribution in [0.5, 0.6) is 0 Å². The monoisotopic (exact) mass is 274 g/mol. The van der Waals surface area contributed by atoms with E-state index in [9.17, 15) is 4.79 Å². The van der Waals surface area contributed by atoms with Gasteiger partial charge in [-0.1, -0.05) is 36.8 Å². The summed E-state index contributed by atoms with van der Waals surface area (Å²) in [5.74, 6) is 0.195. The van der Waals surface area contributed by atoms with E-state index in [2.05, 4.69) is 55.7 Å². The van der Waals surface area contributed by atoms with Crippen LogP contribution in [0, 0.1) is 12.3 Å². The lowest BCUT2D eigenvalue weighted by Crippen LogP contribution is -2.50. The zero-order valence-electron chi connectivity index (χ0n) is 12.8. The molecule has 2 atom stereocenters. The lowest BCUT2D eigenvalue weighted by atomic mass is 9.77. The maximum atomic E-state index is 12.7. The van der Waals surface area contributed by atoms with Gasteiger partial charge in [0.25, 0.3) is 0 Å². The lowest BCUT2D eigenvalue weighted by molar-refractivity contribution is -0.133. The fourth-order valence-corrected chi connectivity index (χ4v) is 2.91. The third kappa shape index (κ3) is 3.21. The van der Waals surface area contributed by atoms with Gasteiger partial charge in [0.15, 0.2) is 0 Å². The molecule has 1 saturated heterocycles. The van der Waals surface area contributed by atoms with E-state index in [4.69, 9.17) is 0 Å². The van der Waals surface area contributed by atoms with Gasteiger partial charge in [0.2, 0.25) is 5.91 Å². The minimum absolute atomic E-state index is 0.0634. The van der Waals surface area contributed by atoms with Crippen LogP contribution in [-0.2, 0) is 4.79 Å². The third-order valence-corrected chi connectivity index (χ3v) is 4.56. The number of amides is 1. The molecule has 1 aromatic rings. The summed E-state index contributed by atoms with van der Waals surface area (Å²) in [4.78, 5) is 12.7. The molecule has 1 aromatic carbocycles. The predicted octanol–water partition coefficient (Wildman–Crippen LogP) is 2.95. The molecule has 1 amide bonds. The van der Waals surface area contributed by atoms with Crippen molar-refractivity contribution in [3.8, 4) is 0 Å². The largest absolute Gasteiger partial charge is 0.349 e. The van der Waals surface area contributed by atoms with Gasteiger partial charge in [-0.25, -0.2) is 0 Å². The fourth-order valence-electron chi connectivity index (χ4n) is 2.91. The Hall–Kier alpha value is -1.35. The summed E-state index contributed by atoms with van der Waals surface area (Å²) in [5.41, 5.74) is 2.18. The Bertz CT molecular complexity index is 447. The van der Waals surface area contributed by atoms with Crippen molar-refractivity contribution in [3.05, 3.63) is 35.4 Å². The number of carbonyl (C=O) groups is 1. The van der Waals surface area contributed by atoms with E-state index < -0.39 is 0 Å². The molecule has 2 rings (SSSR count). The zero-order valence-corrected chi connectivity index (χ0v) is 12.8. The van der Waals surface area contributed by atoms with E-state index in [1.807, 2.05) is 0 Å². The van der Waals surface area contributed by atoms with Gasteiger partial charge >= 0.3 is 0 Å². The van der Waals surface area contributed by atoms with E-state index in [0.29, 0.717) is 0 Å². The van der Waals surface area contributed by atoms with E-state index >= 15 is 0 Å². The highest BCUT2D eigenvalue weighted by Gasteiger charge is 2.38. The van der Waals surface area contributed by atoms with Crippen LogP contribution in [0.25, 0.3) is 0 Å². The van der Waals surface area contributed by atoms with Gasteiger partial charge in [-0.15, -0.1) is 0 Å². The molecule has 0 radical (unpaired) electrons. The molecule has 1 heterocycles. The summed E-state index contributed by atoms with van der Waals surface area (Å²) in [6.07, 6.45) is 2.97. The molecule has 0 aromatic heterocycles. The van der Waals surface area contributed by atoms with Gasteiger partial charge in [-0.05, 0) is 45.2 Å². The van der Waals surface area contributed by atoms with Crippen LogP contribution in [0.2, 0.25) is 0 Å². The van der Waals surface area contributed by atoms with Crippen LogP contribution in [0.1, 0.15) is 50.3 Å². The van der Waals surface area contributed by atoms with Gasteiger partial charge in [0, 0.05) is 6.54 Å². The Morgan fingerprint density at radius 3 is 2.65 bits per heavy atom. The topological polar surface area (TPSA) is 41.1 Å². The number of piperidine rings is 1. The molecule has 0 aliphatic carbocycles. The summed E-state index contributed by atoms with van der Waals surface area (Å²) in [7, 11) is 0. The van der Waals surface area contributed by atoms with E-state index in [-0.39, 0.29) is 17.4 Å². The second-order valence-corrected chi connectivity index (χ2v) is 6.02. The number of hydrogen-bond acceptors (Lipinski definition) is 2. The average molecular weight is 274 g/mol. The van der Waals surface area contributed by atoms with Gasteiger partial charge in [-0.2, -0.15) is 0 Å². The van der Waals surface area contributed by atoms with Crippen molar-refractivity contribution in [3.63, 3.8) is 0 Å². The van der Waals surface area contributed by atoms with Crippen molar-refractivity contribution in [1.29, 1.82) is 0 Å². The van der Waals surface area contributed by atoms with Crippen molar-refractivity contribution in [1.82, 2.24) is 10.6 Å². The van der Waals surface area contributed by atoms with Crippen LogP contribution < -0.4 is 10.6 Å². The van der Waals surface area contributed by atoms with Crippen LogP contribution in [0.3, 0.4) is 0 Å². The second kappa shape index (κ2) is 6.40. The first kappa shape index (κ1) is 15.0. The highest BCUT2D eigenvalue weighted by atomic mass is 16.2. The molecule has 3 nitrogen and oxygen atoms in total. The normalized spacial score (nSPS) is 24.1. The third-order valence-electron chi connectivity index (χ3n) is 4.56. The van der Waals surface area contributed by atoms with Crippen LogP contribution in [0.15, 0.2) is 24.3 Å². The fraction of sp³-hybridized carbons (Fsp3) is 0.588. The Kier molecular flexibility index (Phi) is 4.81. The van der Waals surface area contributed by atoms with Crippen molar-refractivity contribution < 1.29 is 4.79 Å². The van der Waals surface area contributed by atoms with Crippen LogP contribution in [0.4, 0.5) is 0 Å². The minimum Gasteiger partial charge on any atom is -0.349 e. The number of aryl methyl sites for hydroxylation is 1. The minimum atomic E-state index is -0.225. The maximum Gasteiger partial charge on any atom is 0.227 e. The smallest absolute Gasteiger partial charge is 0.227 e. The van der Waals surface area contributed by atoms with E-state index in [0.717, 1.165) is 32.4 Å². The molecule has 1 aliphatic rings. The summed E-state index contributed by atoms with van der Waals surface area (Å²) < 4.78 is 0. The van der Waals surface area contributed by atoms with Gasteiger partial charge in [0.1, 0.15) is 0 Å². The Morgan fingerprint density at radius 2 is 2.10 bits per heavy atom. The second-order valence-electron chi connectivity index (χ2n) is 6.02. The number of carbonyl (C=O) groups excluding carboxylic acids is 1. The van der Waals surface area contributed by atoms with Crippen molar-refractivity contribution >= 4 is 5.91 Å². The standard InChI is InChI=1S/C17H26N2O/c1-4-17(10-5-11-18-12-17)16(20)19-14(3)15-8-6-13(2)7-9-15/h6-9,14,18H,4-5,10-12H2,1-3H3,(H,19,20). The van der Waals surface area contributed by atoms with Crippen molar-refractivity contribution in [2.45, 2.75) is 46.1 Å². The molecular formula is C17H26N2O. The Labute approximate surface area is 122 Å². The van der Waals surface area contributed by atoms with E-state index in [1.165, 1.54) is 11.1 Å². The SMILES string of the molecule is CCC1(C(=O)NC(C)c2ccc(C)cc2)CCCNC1. The first-order chi connectivity index (χ1) is 9.57. The molecule has 1 aliphatic heterocycles. The Balaban J connectivity index is 2.04. The summed E-state index contributed by atoms with van der Waals surface area (Å²) in [6.45, 7) is 8.08. The molecular weight excluding hydrogens is 248 g/mol. The molecule has 110 valence electrons. The highest BCUT2D eigenvalue weighted by molar-refractivity contribution is 5.83. The molecule has 0 bridgehead atoms. The summed E-state index contributed by atoms with van der Waals surface area (Å²) >= 11 is 0. The van der Waals surface area contributed by atoms with Gasteiger partial charge in [0.05, 0.1) is 11.5 Å². The average Bonchev–Trinajstić information content (AvgIpc) is 2.48.